The Morgan fingerprint density at radius 3 is 2.47 bits per heavy atom. The number of amides is 3. The Kier molecular flexibility index (Phi) is 7.97. The topological polar surface area (TPSA) is 61.9 Å². The van der Waals surface area contributed by atoms with E-state index in [0.29, 0.717) is 49.9 Å². The second kappa shape index (κ2) is 10.9. The number of hydrogen-bond acceptors (Lipinski definition) is 3. The Balaban J connectivity index is 1.39. The number of nitrogens with one attached hydrogen (secondary N) is 1. The van der Waals surface area contributed by atoms with Gasteiger partial charge in [-0.1, -0.05) is 41.4 Å². The van der Waals surface area contributed by atoms with Crippen LogP contribution in [0.2, 0.25) is 5.02 Å². The normalized spacial score (nSPS) is 14.2. The predicted molar refractivity (Wildman–Crippen MR) is 118 cm³/mol. The maximum atomic E-state index is 12.7. The number of nitrogens with zero attached hydrogens (tertiary/aromatic N) is 2. The SMILES string of the molecule is Cc1ccc(OCCCNC(=O)N2CCCN(C(=O)c3ccccc3Cl)CC2)cc1. The molecule has 1 fully saturated rings. The van der Waals surface area contributed by atoms with Crippen LogP contribution in [-0.2, 0) is 0 Å². The molecule has 0 spiro atoms. The molecule has 1 aliphatic heterocycles. The summed E-state index contributed by atoms with van der Waals surface area (Å²) in [5, 5.41) is 3.40. The lowest BCUT2D eigenvalue weighted by Crippen LogP contribution is -2.43. The van der Waals surface area contributed by atoms with Crippen molar-refractivity contribution >= 4 is 23.5 Å². The highest BCUT2D eigenvalue weighted by atomic mass is 35.5. The van der Waals surface area contributed by atoms with Gasteiger partial charge in [0.25, 0.3) is 5.91 Å². The predicted octanol–water partition coefficient (Wildman–Crippen LogP) is 3.98. The second-order valence-electron chi connectivity index (χ2n) is 7.36. The number of rotatable bonds is 6. The van der Waals surface area contributed by atoms with Gasteiger partial charge in [-0.2, -0.15) is 0 Å². The summed E-state index contributed by atoms with van der Waals surface area (Å²) in [6.45, 7) is 5.35. The van der Waals surface area contributed by atoms with E-state index in [0.717, 1.165) is 18.6 Å². The van der Waals surface area contributed by atoms with Crippen LogP contribution in [0.3, 0.4) is 0 Å². The highest BCUT2D eigenvalue weighted by Crippen LogP contribution is 2.18. The van der Waals surface area contributed by atoms with Crippen LogP contribution in [-0.4, -0.2) is 61.1 Å². The number of urea groups is 1. The molecule has 2 aromatic carbocycles. The molecule has 1 N–H and O–H groups in total. The van der Waals surface area contributed by atoms with E-state index in [2.05, 4.69) is 5.32 Å². The van der Waals surface area contributed by atoms with E-state index in [4.69, 9.17) is 16.3 Å². The van der Waals surface area contributed by atoms with Gasteiger partial charge in [0.2, 0.25) is 0 Å². The van der Waals surface area contributed by atoms with Crippen molar-refractivity contribution in [2.75, 3.05) is 39.3 Å². The van der Waals surface area contributed by atoms with Gasteiger partial charge in [0.05, 0.1) is 17.2 Å². The zero-order valence-electron chi connectivity index (χ0n) is 17.3. The lowest BCUT2D eigenvalue weighted by atomic mass is 10.2. The molecule has 2 aromatic rings. The molecule has 1 aliphatic rings. The third-order valence-corrected chi connectivity index (χ3v) is 5.39. The van der Waals surface area contributed by atoms with Gasteiger partial charge in [-0.05, 0) is 44.0 Å². The van der Waals surface area contributed by atoms with Crippen molar-refractivity contribution in [3.8, 4) is 5.75 Å². The minimum Gasteiger partial charge on any atom is -0.494 e. The molecular weight excluding hydrogens is 402 g/mol. The average molecular weight is 430 g/mol. The zero-order chi connectivity index (χ0) is 21.3. The van der Waals surface area contributed by atoms with E-state index >= 15 is 0 Å². The van der Waals surface area contributed by atoms with E-state index in [1.165, 1.54) is 5.56 Å². The van der Waals surface area contributed by atoms with Crippen LogP contribution in [0.5, 0.6) is 5.75 Å². The van der Waals surface area contributed by atoms with Crippen molar-refractivity contribution in [2.45, 2.75) is 19.8 Å². The quantitative estimate of drug-likeness (QED) is 0.706. The van der Waals surface area contributed by atoms with Crippen molar-refractivity contribution in [1.29, 1.82) is 0 Å². The molecule has 0 bridgehead atoms. The van der Waals surface area contributed by atoms with Gasteiger partial charge in [-0.3, -0.25) is 4.79 Å². The third kappa shape index (κ3) is 6.13. The third-order valence-electron chi connectivity index (χ3n) is 5.06. The number of ether oxygens (including phenoxy) is 1. The van der Waals surface area contributed by atoms with Gasteiger partial charge in [0, 0.05) is 32.7 Å². The first-order valence-electron chi connectivity index (χ1n) is 10.3. The highest BCUT2D eigenvalue weighted by Gasteiger charge is 2.23. The molecular formula is C23H28ClN3O3. The van der Waals surface area contributed by atoms with Crippen LogP contribution in [0, 0.1) is 6.92 Å². The molecule has 3 rings (SSSR count). The van der Waals surface area contributed by atoms with Gasteiger partial charge in [-0.25, -0.2) is 4.79 Å². The van der Waals surface area contributed by atoms with E-state index in [1.54, 1.807) is 34.1 Å². The van der Waals surface area contributed by atoms with Gasteiger partial charge in [0.15, 0.2) is 0 Å². The summed E-state index contributed by atoms with van der Waals surface area (Å²) in [6, 6.07) is 14.9. The Bertz CT molecular complexity index is 857. The fourth-order valence-corrected chi connectivity index (χ4v) is 3.55. The fraction of sp³-hybridized carbons (Fsp3) is 0.391. The maximum absolute atomic E-state index is 12.7. The Morgan fingerprint density at radius 2 is 1.70 bits per heavy atom. The summed E-state index contributed by atoms with van der Waals surface area (Å²) in [5.74, 6) is 0.749. The molecule has 1 saturated heterocycles. The van der Waals surface area contributed by atoms with E-state index in [-0.39, 0.29) is 11.9 Å². The Labute approximate surface area is 182 Å². The summed E-state index contributed by atoms with van der Waals surface area (Å²) in [5.41, 5.74) is 1.70. The molecule has 0 aliphatic carbocycles. The van der Waals surface area contributed by atoms with Crippen molar-refractivity contribution in [3.05, 3.63) is 64.7 Å². The molecule has 0 radical (unpaired) electrons. The molecule has 0 aromatic heterocycles. The highest BCUT2D eigenvalue weighted by molar-refractivity contribution is 6.33. The van der Waals surface area contributed by atoms with Crippen molar-refractivity contribution in [3.63, 3.8) is 0 Å². The molecule has 1 heterocycles. The largest absolute Gasteiger partial charge is 0.494 e. The minimum atomic E-state index is -0.0996. The first-order valence-corrected chi connectivity index (χ1v) is 10.7. The molecule has 6 nitrogen and oxygen atoms in total. The van der Waals surface area contributed by atoms with Crippen molar-refractivity contribution in [1.82, 2.24) is 15.1 Å². The summed E-state index contributed by atoms with van der Waals surface area (Å²) in [4.78, 5) is 28.7. The molecule has 3 amide bonds. The van der Waals surface area contributed by atoms with Gasteiger partial charge < -0.3 is 19.9 Å². The molecule has 7 heteroatoms. The molecule has 160 valence electrons. The van der Waals surface area contributed by atoms with Crippen LogP contribution < -0.4 is 10.1 Å². The number of hydrogen-bond donors (Lipinski definition) is 1. The zero-order valence-corrected chi connectivity index (χ0v) is 18.0. The molecule has 30 heavy (non-hydrogen) atoms. The van der Waals surface area contributed by atoms with Crippen LogP contribution in [0.4, 0.5) is 4.79 Å². The van der Waals surface area contributed by atoms with Gasteiger partial charge in [0.1, 0.15) is 5.75 Å². The molecule has 0 saturated carbocycles. The Morgan fingerprint density at radius 1 is 1.00 bits per heavy atom. The second-order valence-corrected chi connectivity index (χ2v) is 7.77. The monoisotopic (exact) mass is 429 g/mol. The van der Waals surface area contributed by atoms with E-state index in [1.807, 2.05) is 31.2 Å². The van der Waals surface area contributed by atoms with Gasteiger partial charge in [-0.15, -0.1) is 0 Å². The Hall–Kier alpha value is -2.73. The number of carbonyl (C=O) groups is 2. The van der Waals surface area contributed by atoms with Crippen LogP contribution >= 0.6 is 11.6 Å². The lowest BCUT2D eigenvalue weighted by molar-refractivity contribution is 0.0762. The minimum absolute atomic E-state index is 0.0869. The number of halogens is 1. The van der Waals surface area contributed by atoms with Crippen molar-refractivity contribution in [2.24, 2.45) is 0 Å². The molecule has 0 unspecified atom stereocenters. The number of carbonyl (C=O) groups excluding carboxylic acids is 2. The summed E-state index contributed by atoms with van der Waals surface area (Å²) in [6.07, 6.45) is 1.46. The summed E-state index contributed by atoms with van der Waals surface area (Å²) in [7, 11) is 0. The van der Waals surface area contributed by atoms with Crippen LogP contribution in [0.15, 0.2) is 48.5 Å². The first-order chi connectivity index (χ1) is 14.5. The van der Waals surface area contributed by atoms with Crippen LogP contribution in [0.25, 0.3) is 0 Å². The summed E-state index contributed by atoms with van der Waals surface area (Å²) < 4.78 is 5.68. The molecule has 0 atom stereocenters. The average Bonchev–Trinajstić information content (AvgIpc) is 3.01. The smallest absolute Gasteiger partial charge is 0.317 e. The van der Waals surface area contributed by atoms with Gasteiger partial charge >= 0.3 is 6.03 Å². The number of aryl methyl sites for hydroxylation is 1. The van der Waals surface area contributed by atoms with Crippen LogP contribution in [0.1, 0.15) is 28.8 Å². The standard InChI is InChI=1S/C23H28ClN3O3/c1-18-8-10-19(11-9-18)30-17-4-12-25-23(29)27-14-5-13-26(15-16-27)22(28)20-6-2-3-7-21(20)24/h2-3,6-11H,4-5,12-17H2,1H3,(H,25,29). The van der Waals surface area contributed by atoms with Crippen molar-refractivity contribution < 1.29 is 14.3 Å². The summed E-state index contributed by atoms with van der Waals surface area (Å²) >= 11 is 6.15. The fourth-order valence-electron chi connectivity index (χ4n) is 3.33. The number of benzene rings is 2. The lowest BCUT2D eigenvalue weighted by Gasteiger charge is -2.23. The van der Waals surface area contributed by atoms with E-state index in [9.17, 15) is 9.59 Å². The van der Waals surface area contributed by atoms with E-state index < -0.39 is 0 Å². The maximum Gasteiger partial charge on any atom is 0.317 e. The first kappa shape index (κ1) is 22.0.